The van der Waals surface area contributed by atoms with Gasteiger partial charge < -0.3 is 24.2 Å². The first-order valence-electron chi connectivity index (χ1n) is 12.3. The Kier molecular flexibility index (Phi) is 4.00. The van der Waals surface area contributed by atoms with Crippen molar-refractivity contribution in [2.45, 2.75) is 88.6 Å². The molecule has 176 valence electrons. The highest BCUT2D eigenvalue weighted by Gasteiger charge is 2.82. The molecule has 1 aromatic rings. The largest absolute Gasteiger partial charge is 0.493 e. The van der Waals surface area contributed by atoms with E-state index in [4.69, 9.17) is 14.2 Å². The monoisotopic (exact) mass is 441 g/mol. The van der Waals surface area contributed by atoms with E-state index in [2.05, 4.69) is 44.9 Å². The second-order valence-corrected chi connectivity index (χ2v) is 12.5. The zero-order valence-corrected chi connectivity index (χ0v) is 20.7. The van der Waals surface area contributed by atoms with Crippen molar-refractivity contribution in [3.05, 3.63) is 23.3 Å². The Hall–Kier alpha value is -1.30. The van der Waals surface area contributed by atoms with Crippen molar-refractivity contribution < 1.29 is 19.3 Å². The molecule has 7 atom stereocenters. The molecule has 1 unspecified atom stereocenters. The lowest BCUT2D eigenvalue weighted by Gasteiger charge is -2.75. The molecule has 6 aliphatic rings. The fraction of sp³-hybridized carbons (Fsp3) is 0.778. The van der Waals surface area contributed by atoms with Crippen LogP contribution in [0, 0.1) is 16.7 Å². The van der Waals surface area contributed by atoms with Crippen molar-refractivity contribution in [2.75, 3.05) is 27.8 Å². The lowest BCUT2D eigenvalue weighted by Crippen LogP contribution is -2.83. The van der Waals surface area contributed by atoms with Gasteiger partial charge in [-0.25, -0.2) is 0 Å². The van der Waals surface area contributed by atoms with Gasteiger partial charge in [0.05, 0.1) is 12.7 Å². The van der Waals surface area contributed by atoms with Gasteiger partial charge in [0, 0.05) is 35.5 Å². The van der Waals surface area contributed by atoms with E-state index in [1.807, 2.05) is 14.0 Å². The van der Waals surface area contributed by atoms with Crippen LogP contribution in [0.25, 0.3) is 0 Å². The van der Waals surface area contributed by atoms with Gasteiger partial charge in [0.1, 0.15) is 11.7 Å². The molecule has 7 rings (SSSR count). The highest BCUT2D eigenvalue weighted by atomic mass is 16.6. The third-order valence-corrected chi connectivity index (χ3v) is 11.0. The summed E-state index contributed by atoms with van der Waals surface area (Å²) >= 11 is 0. The third-order valence-electron chi connectivity index (χ3n) is 11.0. The summed E-state index contributed by atoms with van der Waals surface area (Å²) in [5.74, 6) is 1.79. The van der Waals surface area contributed by atoms with E-state index in [9.17, 15) is 5.11 Å². The Labute approximate surface area is 192 Å². The van der Waals surface area contributed by atoms with Crippen LogP contribution in [-0.2, 0) is 16.6 Å². The molecule has 4 fully saturated rings. The van der Waals surface area contributed by atoms with Crippen molar-refractivity contribution in [3.8, 4) is 11.5 Å². The van der Waals surface area contributed by atoms with Crippen LogP contribution in [0.3, 0.4) is 0 Å². The molecule has 3 saturated carbocycles. The summed E-state index contributed by atoms with van der Waals surface area (Å²) in [6.07, 6.45) is 5.07. The summed E-state index contributed by atoms with van der Waals surface area (Å²) < 4.78 is 19.4. The fourth-order valence-electron chi connectivity index (χ4n) is 9.01. The molecular formula is C27H39NO4. The minimum absolute atomic E-state index is 0.00253. The van der Waals surface area contributed by atoms with Crippen molar-refractivity contribution in [3.63, 3.8) is 0 Å². The summed E-state index contributed by atoms with van der Waals surface area (Å²) in [6.45, 7) is 9.59. The van der Waals surface area contributed by atoms with Crippen LogP contribution in [0.15, 0.2) is 12.1 Å². The number of likely N-dealkylation sites (tertiary alicyclic amines) is 1. The first-order chi connectivity index (χ1) is 15.0. The minimum atomic E-state index is -0.882. The Morgan fingerprint density at radius 2 is 1.88 bits per heavy atom. The summed E-state index contributed by atoms with van der Waals surface area (Å²) in [4.78, 5) is 2.60. The molecular weight excluding hydrogens is 402 g/mol. The molecule has 2 spiro atoms. The Morgan fingerprint density at radius 1 is 1.12 bits per heavy atom. The van der Waals surface area contributed by atoms with E-state index < -0.39 is 11.2 Å². The number of piperidine rings is 1. The second kappa shape index (κ2) is 6.03. The minimum Gasteiger partial charge on any atom is -0.493 e. The zero-order chi connectivity index (χ0) is 22.9. The van der Waals surface area contributed by atoms with Gasteiger partial charge in [0.15, 0.2) is 11.5 Å². The van der Waals surface area contributed by atoms with Gasteiger partial charge in [-0.1, -0.05) is 26.8 Å². The Bertz CT molecular complexity index is 983. The molecule has 1 aromatic carbocycles. The normalized spacial score (nSPS) is 43.4. The van der Waals surface area contributed by atoms with Gasteiger partial charge in [0.2, 0.25) is 0 Å². The Balaban J connectivity index is 1.65. The van der Waals surface area contributed by atoms with Crippen LogP contribution in [0.1, 0.15) is 64.5 Å². The van der Waals surface area contributed by atoms with Crippen LogP contribution in [-0.4, -0.2) is 61.2 Å². The van der Waals surface area contributed by atoms with Gasteiger partial charge in [-0.15, -0.1) is 0 Å². The molecule has 0 amide bonds. The second-order valence-electron chi connectivity index (χ2n) is 12.5. The first-order valence-corrected chi connectivity index (χ1v) is 12.3. The molecule has 5 nitrogen and oxygen atoms in total. The van der Waals surface area contributed by atoms with Gasteiger partial charge in [-0.2, -0.15) is 0 Å². The third kappa shape index (κ3) is 2.01. The fourth-order valence-corrected chi connectivity index (χ4v) is 9.01. The molecule has 4 bridgehead atoms. The number of hydrogen-bond donors (Lipinski definition) is 1. The van der Waals surface area contributed by atoms with Crippen LogP contribution in [0.4, 0.5) is 0 Å². The van der Waals surface area contributed by atoms with E-state index in [1.54, 1.807) is 7.11 Å². The van der Waals surface area contributed by atoms with Crippen molar-refractivity contribution >= 4 is 0 Å². The van der Waals surface area contributed by atoms with Crippen LogP contribution in [0.2, 0.25) is 0 Å². The van der Waals surface area contributed by atoms with Gasteiger partial charge in [0.25, 0.3) is 0 Å². The highest BCUT2D eigenvalue weighted by molar-refractivity contribution is 5.63. The summed E-state index contributed by atoms with van der Waals surface area (Å²) in [5.41, 5.74) is 1.17. The number of benzene rings is 1. The highest BCUT2D eigenvalue weighted by Crippen LogP contribution is 2.77. The number of rotatable bonds is 3. The molecule has 4 aliphatic carbocycles. The number of likely N-dealkylation sites (N-methyl/N-ethyl adjacent to an activating group) is 1. The topological polar surface area (TPSA) is 51.2 Å². The summed E-state index contributed by atoms with van der Waals surface area (Å²) in [6, 6.07) is 4.82. The van der Waals surface area contributed by atoms with Gasteiger partial charge >= 0.3 is 0 Å². The first kappa shape index (κ1) is 21.2. The van der Waals surface area contributed by atoms with Gasteiger partial charge in [-0.05, 0) is 69.7 Å². The SMILES string of the molecule is COc1ccc2c3c1O[C@@H]1[C@]34CCN(C)[C@H](C2)[C@]42CC[C@@]1(OC)C([C@@](C)(O)C(C)(C)C)C2. The molecule has 32 heavy (non-hydrogen) atoms. The maximum atomic E-state index is 12.1. The quantitative estimate of drug-likeness (QED) is 0.770. The number of ether oxygens (including phenoxy) is 3. The molecule has 1 N–H and O–H groups in total. The molecule has 0 aromatic heterocycles. The van der Waals surface area contributed by atoms with Crippen LogP contribution >= 0.6 is 0 Å². The van der Waals surface area contributed by atoms with E-state index in [0.29, 0.717) is 6.04 Å². The Morgan fingerprint density at radius 3 is 2.53 bits per heavy atom. The predicted octanol–water partition coefficient (Wildman–Crippen LogP) is 3.94. The molecule has 2 aliphatic heterocycles. The molecule has 5 heteroatoms. The molecule has 0 radical (unpaired) electrons. The lowest BCUT2D eigenvalue weighted by molar-refractivity contribution is -0.311. The summed E-state index contributed by atoms with van der Waals surface area (Å²) in [5, 5.41) is 12.1. The lowest BCUT2D eigenvalue weighted by atomic mass is 9.33. The molecule has 2 heterocycles. The predicted molar refractivity (Wildman–Crippen MR) is 123 cm³/mol. The maximum absolute atomic E-state index is 12.1. The zero-order valence-electron chi connectivity index (χ0n) is 20.7. The van der Waals surface area contributed by atoms with Gasteiger partial charge in [-0.3, -0.25) is 0 Å². The smallest absolute Gasteiger partial charge is 0.165 e. The number of aliphatic hydroxyl groups is 1. The van der Waals surface area contributed by atoms with Crippen molar-refractivity contribution in [1.82, 2.24) is 4.90 Å². The maximum Gasteiger partial charge on any atom is 0.165 e. The number of hydrogen-bond acceptors (Lipinski definition) is 5. The molecule has 1 saturated heterocycles. The van der Waals surface area contributed by atoms with Crippen LogP contribution in [0.5, 0.6) is 11.5 Å². The van der Waals surface area contributed by atoms with E-state index >= 15 is 0 Å². The van der Waals surface area contributed by atoms with E-state index in [1.165, 1.54) is 11.1 Å². The number of nitrogens with zero attached hydrogens (tertiary/aromatic N) is 1. The van der Waals surface area contributed by atoms with Crippen molar-refractivity contribution in [1.29, 1.82) is 0 Å². The average molecular weight is 442 g/mol. The van der Waals surface area contributed by atoms with E-state index in [0.717, 1.165) is 50.1 Å². The number of methoxy groups -OCH3 is 2. The number of fused-ring (bicyclic) bond motifs is 2. The van der Waals surface area contributed by atoms with E-state index in [-0.39, 0.29) is 28.3 Å². The standard InChI is InChI=1S/C27H39NO4/c1-23(2,3)24(4,29)18-15-25-10-11-27(18,31-7)22-26(25)12-13-28(5)19(25)14-16-8-9-17(30-6)21(32-22)20(16)26/h8-9,18-19,22,29H,10-15H2,1-7H3/t18?,19-,22-,24-,25-,26+,27-/m1/s1. The summed E-state index contributed by atoms with van der Waals surface area (Å²) in [7, 11) is 5.89. The van der Waals surface area contributed by atoms with Crippen molar-refractivity contribution in [2.24, 2.45) is 16.7 Å². The average Bonchev–Trinajstić information content (AvgIpc) is 3.12. The van der Waals surface area contributed by atoms with Crippen LogP contribution < -0.4 is 9.47 Å².